The van der Waals surface area contributed by atoms with Crippen molar-refractivity contribution in [3.8, 4) is 16.9 Å². The van der Waals surface area contributed by atoms with Crippen molar-refractivity contribution in [3.63, 3.8) is 0 Å². The number of ether oxygens (including phenoxy) is 2. The maximum absolute atomic E-state index is 14.0. The Labute approximate surface area is 301 Å². The minimum atomic E-state index is -1.44. The number of hydrogen-bond donors (Lipinski definition) is 2. The molecule has 5 rings (SSSR count). The maximum Gasteiger partial charge on any atom is 0.331 e. The standard InChI is InChI=1S/C33H32Cl3N7O7/c1-4-33(32(45)49-5-2,14-16-48-17-15-37-24-11-13-26(43(46)47)29-28(24)40-50-41-29)38-31(44)27-19(3)30(20-6-8-21(34)9-7-20)42(39-27)25-12-10-22(35)18-23(25)36/h6-13,18,37H,4-5,14-17H2,1-3H3,(H,38,44). The number of nitro benzene ring substituents is 1. The fraction of sp³-hybridized carbons (Fsp3) is 0.303. The van der Waals surface area contributed by atoms with E-state index in [4.69, 9.17) is 48.9 Å². The average Bonchev–Trinajstić information content (AvgIpc) is 3.71. The Morgan fingerprint density at radius 2 is 1.72 bits per heavy atom. The van der Waals surface area contributed by atoms with Crippen LogP contribution in [0.5, 0.6) is 0 Å². The second-order valence-electron chi connectivity index (χ2n) is 11.1. The molecule has 2 N–H and O–H groups in total. The summed E-state index contributed by atoms with van der Waals surface area (Å²) in [7, 11) is 0. The minimum absolute atomic E-state index is 0.0236. The van der Waals surface area contributed by atoms with Crippen LogP contribution in [0.4, 0.5) is 11.4 Å². The fourth-order valence-corrected chi connectivity index (χ4v) is 6.02. The van der Waals surface area contributed by atoms with Crippen LogP contribution in [0.1, 0.15) is 42.7 Å². The van der Waals surface area contributed by atoms with Crippen molar-refractivity contribution in [3.05, 3.63) is 91.0 Å². The van der Waals surface area contributed by atoms with E-state index in [1.54, 1.807) is 55.8 Å². The van der Waals surface area contributed by atoms with E-state index < -0.39 is 22.3 Å². The number of carbonyl (C=O) groups excluding carboxylic acids is 2. The molecule has 0 radical (unpaired) electrons. The predicted octanol–water partition coefficient (Wildman–Crippen LogP) is 7.21. The summed E-state index contributed by atoms with van der Waals surface area (Å²) in [5.41, 5.74) is 1.48. The number of anilines is 1. The molecule has 0 aliphatic rings. The number of carbonyl (C=O) groups is 2. The van der Waals surface area contributed by atoms with Crippen LogP contribution in [-0.2, 0) is 14.3 Å². The molecule has 5 aromatic rings. The highest BCUT2D eigenvalue weighted by atomic mass is 35.5. The second-order valence-corrected chi connectivity index (χ2v) is 12.4. The topological polar surface area (TPSA) is 177 Å². The third kappa shape index (κ3) is 7.68. The van der Waals surface area contributed by atoms with Crippen LogP contribution in [0, 0.1) is 17.0 Å². The third-order valence-corrected chi connectivity index (χ3v) is 8.83. The van der Waals surface area contributed by atoms with Crippen molar-refractivity contribution in [1.29, 1.82) is 0 Å². The van der Waals surface area contributed by atoms with Crippen molar-refractivity contribution in [2.45, 2.75) is 39.2 Å². The van der Waals surface area contributed by atoms with Crippen LogP contribution < -0.4 is 10.6 Å². The molecule has 17 heteroatoms. The number of amides is 1. The van der Waals surface area contributed by atoms with Crippen LogP contribution in [-0.4, -0.2) is 68.8 Å². The van der Waals surface area contributed by atoms with Gasteiger partial charge in [0.1, 0.15) is 5.54 Å². The highest BCUT2D eigenvalue weighted by Crippen LogP contribution is 2.34. The van der Waals surface area contributed by atoms with Crippen molar-refractivity contribution in [2.75, 3.05) is 31.7 Å². The zero-order chi connectivity index (χ0) is 36.0. The van der Waals surface area contributed by atoms with Gasteiger partial charge in [0.2, 0.25) is 5.52 Å². The Hall–Kier alpha value is -4.76. The monoisotopic (exact) mass is 743 g/mol. The van der Waals surface area contributed by atoms with Crippen LogP contribution in [0.15, 0.2) is 59.2 Å². The molecule has 0 aliphatic heterocycles. The number of hydrogen-bond acceptors (Lipinski definition) is 11. The highest BCUT2D eigenvalue weighted by Gasteiger charge is 2.41. The lowest BCUT2D eigenvalue weighted by atomic mass is 9.91. The molecular weight excluding hydrogens is 713 g/mol. The number of aromatic nitrogens is 4. The van der Waals surface area contributed by atoms with E-state index >= 15 is 0 Å². The Kier molecular flexibility index (Phi) is 11.6. The summed E-state index contributed by atoms with van der Waals surface area (Å²) in [6.07, 6.45) is 0.293. The SMILES string of the molecule is CCOC(=O)C(CC)(CCOCCNc1ccc([N+](=O)[O-])c2nonc12)NC(=O)c1nn(-c2ccc(Cl)cc2Cl)c(-c2ccc(Cl)cc2)c1C. The smallest absolute Gasteiger partial charge is 0.331 e. The average molecular weight is 745 g/mol. The lowest BCUT2D eigenvalue weighted by molar-refractivity contribution is -0.383. The van der Waals surface area contributed by atoms with Gasteiger partial charge in [-0.25, -0.2) is 14.1 Å². The van der Waals surface area contributed by atoms with E-state index in [9.17, 15) is 19.7 Å². The number of rotatable bonds is 15. The zero-order valence-corrected chi connectivity index (χ0v) is 29.4. The normalized spacial score (nSPS) is 12.4. The molecule has 2 aromatic heterocycles. The molecule has 1 atom stereocenters. The number of benzene rings is 3. The van der Waals surface area contributed by atoms with Crippen LogP contribution in [0.25, 0.3) is 28.0 Å². The molecule has 0 bridgehead atoms. The minimum Gasteiger partial charge on any atom is -0.464 e. The van der Waals surface area contributed by atoms with Gasteiger partial charge in [-0.05, 0) is 67.0 Å². The van der Waals surface area contributed by atoms with Crippen LogP contribution in [0.2, 0.25) is 15.1 Å². The Balaban J connectivity index is 1.34. The van der Waals surface area contributed by atoms with Crippen LogP contribution >= 0.6 is 34.8 Å². The fourth-order valence-electron chi connectivity index (χ4n) is 5.41. The molecule has 1 amide bonds. The first-order valence-electron chi connectivity index (χ1n) is 15.5. The number of nitrogens with zero attached hydrogens (tertiary/aromatic N) is 5. The summed E-state index contributed by atoms with van der Waals surface area (Å²) in [6.45, 7) is 5.88. The third-order valence-electron chi connectivity index (χ3n) is 8.04. The van der Waals surface area contributed by atoms with Gasteiger partial charge in [0, 0.05) is 46.8 Å². The van der Waals surface area contributed by atoms with Gasteiger partial charge in [0.05, 0.1) is 40.2 Å². The van der Waals surface area contributed by atoms with Gasteiger partial charge in [-0.1, -0.05) is 53.9 Å². The largest absolute Gasteiger partial charge is 0.464 e. The van der Waals surface area contributed by atoms with Gasteiger partial charge >= 0.3 is 11.7 Å². The maximum atomic E-state index is 14.0. The Bertz CT molecular complexity index is 2030. The molecule has 14 nitrogen and oxygen atoms in total. The van der Waals surface area contributed by atoms with Gasteiger partial charge in [-0.2, -0.15) is 5.10 Å². The number of nitro groups is 1. The van der Waals surface area contributed by atoms with Crippen molar-refractivity contribution in [1.82, 2.24) is 25.4 Å². The summed E-state index contributed by atoms with van der Waals surface area (Å²) in [4.78, 5) is 38.1. The molecule has 0 saturated carbocycles. The molecule has 0 aliphatic carbocycles. The summed E-state index contributed by atoms with van der Waals surface area (Å²) < 4.78 is 17.5. The van der Waals surface area contributed by atoms with Crippen molar-refractivity contribution >= 4 is 69.1 Å². The van der Waals surface area contributed by atoms with Crippen molar-refractivity contribution < 1.29 is 28.6 Å². The summed E-state index contributed by atoms with van der Waals surface area (Å²) in [5.74, 6) is -1.21. The van der Waals surface area contributed by atoms with E-state index in [-0.39, 0.29) is 55.1 Å². The van der Waals surface area contributed by atoms with E-state index in [0.29, 0.717) is 44.2 Å². The zero-order valence-electron chi connectivity index (χ0n) is 27.2. The van der Waals surface area contributed by atoms with Gasteiger partial charge in [-0.3, -0.25) is 14.9 Å². The lowest BCUT2D eigenvalue weighted by Gasteiger charge is -2.31. The number of non-ortho nitro benzene ring substituents is 1. The predicted molar refractivity (Wildman–Crippen MR) is 188 cm³/mol. The first-order valence-corrected chi connectivity index (χ1v) is 16.6. The molecule has 262 valence electrons. The molecule has 3 aromatic carbocycles. The molecule has 50 heavy (non-hydrogen) atoms. The van der Waals surface area contributed by atoms with E-state index in [2.05, 4.69) is 26.0 Å². The summed E-state index contributed by atoms with van der Waals surface area (Å²) >= 11 is 18.9. The first-order chi connectivity index (χ1) is 24.0. The number of halogens is 3. The van der Waals surface area contributed by atoms with E-state index in [1.807, 2.05) is 12.1 Å². The van der Waals surface area contributed by atoms with Crippen molar-refractivity contribution in [2.24, 2.45) is 0 Å². The van der Waals surface area contributed by atoms with Gasteiger partial charge in [0.15, 0.2) is 11.2 Å². The van der Waals surface area contributed by atoms with Gasteiger partial charge < -0.3 is 20.1 Å². The van der Waals surface area contributed by atoms with Crippen LogP contribution in [0.3, 0.4) is 0 Å². The number of esters is 1. The second kappa shape index (κ2) is 15.9. The van der Waals surface area contributed by atoms with Gasteiger partial charge in [0.25, 0.3) is 5.91 Å². The lowest BCUT2D eigenvalue weighted by Crippen LogP contribution is -2.55. The summed E-state index contributed by atoms with van der Waals surface area (Å²) in [6, 6.07) is 14.8. The van der Waals surface area contributed by atoms with E-state index in [0.717, 1.165) is 5.56 Å². The molecule has 0 fully saturated rings. The van der Waals surface area contributed by atoms with E-state index in [1.165, 1.54) is 12.1 Å². The Morgan fingerprint density at radius 1 is 1.00 bits per heavy atom. The molecule has 1 unspecified atom stereocenters. The molecular formula is C33H32Cl3N7O7. The molecule has 0 spiro atoms. The highest BCUT2D eigenvalue weighted by molar-refractivity contribution is 6.35. The number of nitrogens with one attached hydrogen (secondary N) is 2. The number of fused-ring (bicyclic) bond motifs is 1. The van der Waals surface area contributed by atoms with Gasteiger partial charge in [-0.15, -0.1) is 0 Å². The Morgan fingerprint density at radius 3 is 2.40 bits per heavy atom. The molecule has 0 saturated heterocycles. The first kappa shape index (κ1) is 36.5. The quantitative estimate of drug-likeness (QED) is 0.0479. The summed E-state index contributed by atoms with van der Waals surface area (Å²) in [5, 5.41) is 30.6. The molecule has 2 heterocycles.